The van der Waals surface area contributed by atoms with Crippen molar-refractivity contribution in [3.63, 3.8) is 0 Å². The second kappa shape index (κ2) is 8.98. The van der Waals surface area contributed by atoms with Gasteiger partial charge in [0.1, 0.15) is 0 Å². The van der Waals surface area contributed by atoms with Crippen LogP contribution in [0.15, 0.2) is 72.3 Å². The van der Waals surface area contributed by atoms with E-state index in [4.69, 9.17) is 11.6 Å². The van der Waals surface area contributed by atoms with E-state index in [1.54, 1.807) is 6.08 Å². The molecule has 1 atom stereocenters. The summed E-state index contributed by atoms with van der Waals surface area (Å²) in [5, 5.41) is 5.32. The molecular formula is C23H22ClN2NaS. The molecule has 0 saturated heterocycles. The molecule has 1 unspecified atom stereocenters. The number of hydrogen-bond acceptors (Lipinski definition) is 1. The Balaban J connectivity index is 0.00000225. The van der Waals surface area contributed by atoms with Gasteiger partial charge >= 0.3 is 29.6 Å². The Morgan fingerprint density at radius 2 is 1.93 bits per heavy atom. The number of rotatable bonds is 7. The average Bonchev–Trinajstić information content (AvgIpc) is 3.48. The van der Waals surface area contributed by atoms with Crippen LogP contribution in [0.2, 0.25) is 5.02 Å². The van der Waals surface area contributed by atoms with Crippen LogP contribution in [0.1, 0.15) is 24.1 Å². The number of benzene rings is 2. The van der Waals surface area contributed by atoms with Crippen molar-refractivity contribution in [1.29, 1.82) is 0 Å². The van der Waals surface area contributed by atoms with Gasteiger partial charge in [0, 0.05) is 21.0 Å². The van der Waals surface area contributed by atoms with Gasteiger partial charge < -0.3 is 5.32 Å². The van der Waals surface area contributed by atoms with E-state index in [9.17, 15) is 0 Å². The number of allylic oxidation sites excluding steroid dienone is 1. The molecule has 138 valence electrons. The molecule has 2 nitrogen and oxygen atoms in total. The molecule has 0 amide bonds. The van der Waals surface area contributed by atoms with E-state index in [0.29, 0.717) is 6.54 Å². The van der Waals surface area contributed by atoms with Crippen LogP contribution in [0.25, 0.3) is 17.0 Å². The molecule has 28 heavy (non-hydrogen) atoms. The minimum Gasteiger partial charge on any atom is -0.412 e. The molecule has 1 aliphatic rings. The summed E-state index contributed by atoms with van der Waals surface area (Å²) in [7, 11) is -0.366. The van der Waals surface area contributed by atoms with Gasteiger partial charge in [-0.05, 0) is 35.9 Å². The molecular weight excluding hydrogens is 395 g/mol. The van der Waals surface area contributed by atoms with Gasteiger partial charge in [-0.2, -0.15) is 5.92 Å². The normalized spacial score (nSPS) is 13.7. The third kappa shape index (κ3) is 4.29. The molecule has 3 aromatic rings. The Kier molecular flexibility index (Phi) is 6.85. The number of nitrogens with one attached hydrogen (secondary N) is 1. The molecule has 1 heterocycles. The monoisotopic (exact) mass is 416 g/mol. The van der Waals surface area contributed by atoms with E-state index >= 15 is 0 Å². The minimum atomic E-state index is -0.366. The molecule has 1 aromatic heterocycles. The largest absolute Gasteiger partial charge is 1.00 e. The summed E-state index contributed by atoms with van der Waals surface area (Å²) in [5.74, 6) is 5.91. The van der Waals surface area contributed by atoms with Crippen molar-refractivity contribution < 1.29 is 29.6 Å². The van der Waals surface area contributed by atoms with Crippen molar-refractivity contribution >= 4 is 45.1 Å². The summed E-state index contributed by atoms with van der Waals surface area (Å²) in [6.07, 6.45) is 4.13. The SMILES string of the molecule is C=Cc1cc2c(cc1Cl)cc(CNC(=C)[C-]1CC1)n2S(=C)c1ccccc1.[Na+]. The third-order valence-electron chi connectivity index (χ3n) is 4.81. The van der Waals surface area contributed by atoms with Crippen LogP contribution in [0.4, 0.5) is 0 Å². The molecule has 2 aromatic carbocycles. The first-order chi connectivity index (χ1) is 13.1. The van der Waals surface area contributed by atoms with E-state index < -0.39 is 0 Å². The Hall–Kier alpha value is -1.36. The average molecular weight is 417 g/mol. The molecule has 4 rings (SSSR count). The minimum absolute atomic E-state index is 0. The van der Waals surface area contributed by atoms with Crippen molar-refractivity contribution in [3.8, 4) is 0 Å². The Bertz CT molecular complexity index is 1050. The zero-order valence-electron chi connectivity index (χ0n) is 16.2. The summed E-state index contributed by atoms with van der Waals surface area (Å²) < 4.78 is 2.31. The zero-order chi connectivity index (χ0) is 19.0. The van der Waals surface area contributed by atoms with Gasteiger partial charge in [0.25, 0.3) is 0 Å². The second-order valence-corrected chi connectivity index (χ2v) is 8.65. The van der Waals surface area contributed by atoms with Crippen LogP contribution >= 0.6 is 22.3 Å². The molecule has 5 heteroatoms. The second-order valence-electron chi connectivity index (χ2n) is 6.68. The van der Waals surface area contributed by atoms with Crippen LogP contribution in [-0.4, -0.2) is 9.84 Å². The van der Waals surface area contributed by atoms with Gasteiger partial charge in [-0.3, -0.25) is 3.97 Å². The summed E-state index contributed by atoms with van der Waals surface area (Å²) in [6.45, 7) is 8.76. The van der Waals surface area contributed by atoms with E-state index in [2.05, 4.69) is 64.7 Å². The first kappa shape index (κ1) is 21.4. The van der Waals surface area contributed by atoms with E-state index in [0.717, 1.165) is 40.0 Å². The van der Waals surface area contributed by atoms with Gasteiger partial charge in [-0.25, -0.2) is 6.58 Å². The maximum Gasteiger partial charge on any atom is 1.00 e. The number of halogens is 1. The van der Waals surface area contributed by atoms with Crippen LogP contribution < -0.4 is 34.9 Å². The maximum absolute atomic E-state index is 6.41. The molecule has 1 saturated carbocycles. The fourth-order valence-corrected chi connectivity index (χ4v) is 4.91. The smallest absolute Gasteiger partial charge is 0.412 e. The fraction of sp³-hybridized carbons (Fsp3) is 0.130. The maximum atomic E-state index is 6.41. The predicted octanol–water partition coefficient (Wildman–Crippen LogP) is 3.44. The molecule has 1 fully saturated rings. The fourth-order valence-electron chi connectivity index (χ4n) is 3.19. The number of aromatic nitrogens is 1. The molecule has 0 spiro atoms. The van der Waals surface area contributed by atoms with E-state index in [-0.39, 0.29) is 40.2 Å². The quantitative estimate of drug-likeness (QED) is 0.354. The first-order valence-corrected chi connectivity index (χ1v) is 10.6. The van der Waals surface area contributed by atoms with Gasteiger partial charge in [-0.1, -0.05) is 59.0 Å². The first-order valence-electron chi connectivity index (χ1n) is 8.92. The molecule has 1 aliphatic carbocycles. The van der Waals surface area contributed by atoms with E-state index in [1.165, 1.54) is 16.5 Å². The van der Waals surface area contributed by atoms with Crippen LogP contribution in [-0.2, 0) is 6.54 Å². The van der Waals surface area contributed by atoms with Crippen LogP contribution in [0, 0.1) is 5.92 Å². The zero-order valence-corrected chi connectivity index (χ0v) is 19.7. The summed E-state index contributed by atoms with van der Waals surface area (Å²) in [5.41, 5.74) is 4.29. The number of nitrogens with zero attached hydrogens (tertiary/aromatic N) is 1. The van der Waals surface area contributed by atoms with Crippen LogP contribution in [0.5, 0.6) is 0 Å². The molecule has 0 aliphatic heterocycles. The van der Waals surface area contributed by atoms with Gasteiger partial charge in [0.2, 0.25) is 0 Å². The van der Waals surface area contributed by atoms with Gasteiger partial charge in [-0.15, -0.1) is 18.5 Å². The predicted molar refractivity (Wildman–Crippen MR) is 120 cm³/mol. The van der Waals surface area contributed by atoms with Crippen molar-refractivity contribution in [2.24, 2.45) is 0 Å². The van der Waals surface area contributed by atoms with Crippen LogP contribution in [0.3, 0.4) is 0 Å². The summed E-state index contributed by atoms with van der Waals surface area (Å²) in [6, 6.07) is 16.7. The third-order valence-corrected chi connectivity index (χ3v) is 6.83. The Labute approximate surface area is 196 Å². The summed E-state index contributed by atoms with van der Waals surface area (Å²) in [4.78, 5) is 1.20. The Morgan fingerprint density at radius 3 is 2.57 bits per heavy atom. The number of fused-ring (bicyclic) bond motifs is 1. The van der Waals surface area contributed by atoms with Crippen molar-refractivity contribution in [2.45, 2.75) is 24.3 Å². The van der Waals surface area contributed by atoms with E-state index in [1.807, 2.05) is 12.1 Å². The van der Waals surface area contributed by atoms with Crippen molar-refractivity contribution in [2.75, 3.05) is 0 Å². The topological polar surface area (TPSA) is 17.0 Å². The summed E-state index contributed by atoms with van der Waals surface area (Å²) >= 11 is 6.41. The molecule has 0 bridgehead atoms. The Morgan fingerprint density at radius 1 is 1.21 bits per heavy atom. The van der Waals surface area contributed by atoms with Gasteiger partial charge in [0.05, 0.1) is 12.1 Å². The van der Waals surface area contributed by atoms with Crippen molar-refractivity contribution in [3.05, 3.63) is 89.6 Å². The van der Waals surface area contributed by atoms with Crippen molar-refractivity contribution in [1.82, 2.24) is 9.29 Å². The number of hydrogen-bond donors (Lipinski definition) is 1. The van der Waals surface area contributed by atoms with Gasteiger partial charge in [0.15, 0.2) is 0 Å². The molecule has 1 N–H and O–H groups in total. The molecule has 0 radical (unpaired) electrons. The standard InChI is InChI=1S/C23H22ClN2S.Na/c1-4-17-14-23-19(13-22(17)24)12-20(15-25-16(2)18-10-11-18)26(23)27(3)21-8-6-5-7-9-21;/h4-9,12-14,25H,1-3,10-11,15H2;/q-1;+1.